The minimum Gasteiger partial charge on any atom is -0.493 e. The molecule has 0 aliphatic heterocycles. The van der Waals surface area contributed by atoms with Crippen molar-refractivity contribution < 1.29 is 23.7 Å². The molecule has 22 heavy (non-hydrogen) atoms. The fourth-order valence-electron chi connectivity index (χ4n) is 1.74. The van der Waals surface area contributed by atoms with Crippen LogP contribution in [0.4, 0.5) is 0 Å². The predicted molar refractivity (Wildman–Crippen MR) is 80.7 cm³/mol. The van der Waals surface area contributed by atoms with Gasteiger partial charge >= 0.3 is 5.97 Å². The van der Waals surface area contributed by atoms with Crippen molar-refractivity contribution >= 4 is 12.0 Å². The molecule has 0 fully saturated rings. The Balaban J connectivity index is 3.07. The van der Waals surface area contributed by atoms with Crippen LogP contribution in [0.3, 0.4) is 0 Å². The number of methoxy groups -OCH3 is 3. The minimum atomic E-state index is -0.686. The summed E-state index contributed by atoms with van der Waals surface area (Å²) >= 11 is 0. The average Bonchev–Trinajstić information content (AvgIpc) is 2.53. The molecule has 0 aliphatic carbocycles. The molecule has 1 aromatic carbocycles. The molecule has 6 nitrogen and oxygen atoms in total. The van der Waals surface area contributed by atoms with Crippen LogP contribution in [0.5, 0.6) is 11.5 Å². The molecule has 0 aromatic heterocycles. The van der Waals surface area contributed by atoms with E-state index in [-0.39, 0.29) is 18.8 Å². The van der Waals surface area contributed by atoms with Gasteiger partial charge in [0.25, 0.3) is 0 Å². The third kappa shape index (κ3) is 4.50. The summed E-state index contributed by atoms with van der Waals surface area (Å²) in [5, 5.41) is 9.13. The van der Waals surface area contributed by atoms with Crippen molar-refractivity contribution in [2.24, 2.45) is 0 Å². The van der Waals surface area contributed by atoms with E-state index >= 15 is 0 Å². The lowest BCUT2D eigenvalue weighted by Crippen LogP contribution is -2.11. The SMILES string of the molecule is COCCOC(=O)/C(C#N)=C/c1cc(OC)c(OC)cc1C. The molecule has 1 rings (SSSR count). The van der Waals surface area contributed by atoms with Crippen LogP contribution in [-0.2, 0) is 14.3 Å². The molecule has 0 spiro atoms. The Kier molecular flexibility index (Phi) is 6.93. The standard InChI is InChI=1S/C16H19NO5/c1-11-7-14(20-3)15(21-4)9-12(11)8-13(10-17)16(18)22-6-5-19-2/h7-9H,5-6H2,1-4H3/b13-8+. The van der Waals surface area contributed by atoms with Crippen molar-refractivity contribution in [3.05, 3.63) is 28.8 Å². The highest BCUT2D eigenvalue weighted by Gasteiger charge is 2.13. The summed E-state index contributed by atoms with van der Waals surface area (Å²) in [4.78, 5) is 11.8. The molecular weight excluding hydrogens is 286 g/mol. The maximum absolute atomic E-state index is 11.8. The zero-order chi connectivity index (χ0) is 16.5. The maximum Gasteiger partial charge on any atom is 0.348 e. The third-order valence-electron chi connectivity index (χ3n) is 2.93. The Hall–Kier alpha value is -2.52. The van der Waals surface area contributed by atoms with Crippen LogP contribution >= 0.6 is 0 Å². The van der Waals surface area contributed by atoms with E-state index in [0.29, 0.717) is 17.1 Å². The molecule has 0 aliphatic rings. The molecule has 0 heterocycles. The van der Waals surface area contributed by atoms with Crippen molar-refractivity contribution in [2.45, 2.75) is 6.92 Å². The molecule has 0 saturated heterocycles. The van der Waals surface area contributed by atoms with E-state index in [4.69, 9.17) is 24.2 Å². The van der Waals surface area contributed by atoms with Gasteiger partial charge in [0, 0.05) is 7.11 Å². The normalized spacial score (nSPS) is 10.8. The summed E-state index contributed by atoms with van der Waals surface area (Å²) in [6.45, 7) is 2.22. The van der Waals surface area contributed by atoms with Crippen molar-refractivity contribution in [1.82, 2.24) is 0 Å². The highest BCUT2D eigenvalue weighted by molar-refractivity contribution is 5.98. The van der Waals surface area contributed by atoms with Crippen LogP contribution in [0.1, 0.15) is 11.1 Å². The van der Waals surface area contributed by atoms with Crippen LogP contribution in [0, 0.1) is 18.3 Å². The van der Waals surface area contributed by atoms with Gasteiger partial charge in [-0.3, -0.25) is 0 Å². The lowest BCUT2D eigenvalue weighted by Gasteiger charge is -2.11. The van der Waals surface area contributed by atoms with Crippen LogP contribution in [0.2, 0.25) is 0 Å². The molecular formula is C16H19NO5. The van der Waals surface area contributed by atoms with Gasteiger partial charge < -0.3 is 18.9 Å². The maximum atomic E-state index is 11.8. The highest BCUT2D eigenvalue weighted by atomic mass is 16.6. The Bertz CT molecular complexity index is 601. The summed E-state index contributed by atoms with van der Waals surface area (Å²) in [6, 6.07) is 5.32. The van der Waals surface area contributed by atoms with Gasteiger partial charge in [-0.2, -0.15) is 5.26 Å². The van der Waals surface area contributed by atoms with Crippen molar-refractivity contribution in [3.63, 3.8) is 0 Å². The second-order valence-corrected chi connectivity index (χ2v) is 4.36. The van der Waals surface area contributed by atoms with E-state index in [1.54, 1.807) is 19.2 Å². The van der Waals surface area contributed by atoms with E-state index in [0.717, 1.165) is 5.56 Å². The molecule has 0 unspecified atom stereocenters. The number of hydrogen-bond acceptors (Lipinski definition) is 6. The lowest BCUT2D eigenvalue weighted by atomic mass is 10.0. The fourth-order valence-corrected chi connectivity index (χ4v) is 1.74. The number of rotatable bonds is 7. The smallest absolute Gasteiger partial charge is 0.348 e. The van der Waals surface area contributed by atoms with Crippen LogP contribution in [-0.4, -0.2) is 40.5 Å². The summed E-state index contributed by atoms with van der Waals surface area (Å²) in [5.41, 5.74) is 1.43. The number of carbonyl (C=O) groups is 1. The quantitative estimate of drug-likeness (QED) is 0.332. The number of aryl methyl sites for hydroxylation is 1. The topological polar surface area (TPSA) is 77.8 Å². The van der Waals surface area contributed by atoms with Crippen LogP contribution < -0.4 is 9.47 Å². The van der Waals surface area contributed by atoms with E-state index in [9.17, 15) is 4.79 Å². The summed E-state index contributed by atoms with van der Waals surface area (Å²) < 4.78 is 20.1. The van der Waals surface area contributed by atoms with Gasteiger partial charge in [0.05, 0.1) is 20.8 Å². The Morgan fingerprint density at radius 1 is 1.18 bits per heavy atom. The Morgan fingerprint density at radius 3 is 2.36 bits per heavy atom. The Morgan fingerprint density at radius 2 is 1.82 bits per heavy atom. The molecule has 1 aromatic rings. The van der Waals surface area contributed by atoms with Crippen molar-refractivity contribution in [2.75, 3.05) is 34.5 Å². The van der Waals surface area contributed by atoms with Crippen LogP contribution in [0.15, 0.2) is 17.7 Å². The first-order valence-corrected chi connectivity index (χ1v) is 6.57. The van der Waals surface area contributed by atoms with Gasteiger partial charge in [-0.05, 0) is 36.3 Å². The molecule has 0 amide bonds. The van der Waals surface area contributed by atoms with Gasteiger partial charge in [-0.1, -0.05) is 0 Å². The second kappa shape index (κ2) is 8.70. The number of ether oxygens (including phenoxy) is 4. The molecule has 0 bridgehead atoms. The largest absolute Gasteiger partial charge is 0.493 e. The summed E-state index contributed by atoms with van der Waals surface area (Å²) in [5.74, 6) is 0.413. The highest BCUT2D eigenvalue weighted by Crippen LogP contribution is 2.31. The minimum absolute atomic E-state index is 0.0913. The van der Waals surface area contributed by atoms with E-state index in [1.807, 2.05) is 13.0 Å². The number of benzene rings is 1. The first kappa shape index (κ1) is 17.5. The first-order chi connectivity index (χ1) is 10.6. The number of carbonyl (C=O) groups excluding carboxylic acids is 1. The van der Waals surface area contributed by atoms with Gasteiger partial charge in [0.1, 0.15) is 18.2 Å². The monoisotopic (exact) mass is 305 g/mol. The Labute approximate surface area is 129 Å². The summed E-state index contributed by atoms with van der Waals surface area (Å²) in [6.07, 6.45) is 1.46. The zero-order valence-electron chi connectivity index (χ0n) is 13.1. The fraction of sp³-hybridized carbons (Fsp3) is 0.375. The van der Waals surface area contributed by atoms with Crippen LogP contribution in [0.25, 0.3) is 6.08 Å². The van der Waals surface area contributed by atoms with E-state index in [2.05, 4.69) is 0 Å². The molecule has 0 radical (unpaired) electrons. The molecule has 0 N–H and O–H groups in total. The number of hydrogen-bond donors (Lipinski definition) is 0. The molecule has 0 saturated carbocycles. The van der Waals surface area contributed by atoms with Gasteiger partial charge in [0.15, 0.2) is 11.5 Å². The summed E-state index contributed by atoms with van der Waals surface area (Å²) in [7, 11) is 4.56. The molecule has 6 heteroatoms. The number of esters is 1. The van der Waals surface area contributed by atoms with Gasteiger partial charge in [-0.15, -0.1) is 0 Å². The van der Waals surface area contributed by atoms with E-state index in [1.165, 1.54) is 20.3 Å². The zero-order valence-corrected chi connectivity index (χ0v) is 13.1. The number of nitriles is 1. The number of nitrogens with zero attached hydrogens (tertiary/aromatic N) is 1. The van der Waals surface area contributed by atoms with Crippen molar-refractivity contribution in [1.29, 1.82) is 5.26 Å². The predicted octanol–water partition coefficient (Wildman–Crippen LogP) is 2.11. The van der Waals surface area contributed by atoms with Crippen molar-refractivity contribution in [3.8, 4) is 17.6 Å². The second-order valence-electron chi connectivity index (χ2n) is 4.36. The third-order valence-corrected chi connectivity index (χ3v) is 2.93. The molecule has 118 valence electrons. The first-order valence-electron chi connectivity index (χ1n) is 6.57. The van der Waals surface area contributed by atoms with Gasteiger partial charge in [0.2, 0.25) is 0 Å². The molecule has 0 atom stereocenters. The van der Waals surface area contributed by atoms with E-state index < -0.39 is 5.97 Å². The average molecular weight is 305 g/mol. The lowest BCUT2D eigenvalue weighted by molar-refractivity contribution is -0.139. The van der Waals surface area contributed by atoms with Gasteiger partial charge in [-0.25, -0.2) is 4.79 Å².